The summed E-state index contributed by atoms with van der Waals surface area (Å²) in [4.78, 5) is 25.1. The zero-order valence-corrected chi connectivity index (χ0v) is 17.5. The predicted molar refractivity (Wildman–Crippen MR) is 106 cm³/mol. The van der Waals surface area contributed by atoms with Crippen LogP contribution < -0.4 is 9.47 Å². The summed E-state index contributed by atoms with van der Waals surface area (Å²) in [5.74, 6) is -0.456. The predicted octanol–water partition coefficient (Wildman–Crippen LogP) is 3.06. The lowest BCUT2D eigenvalue weighted by atomic mass is 10.1. The van der Waals surface area contributed by atoms with E-state index in [0.29, 0.717) is 17.1 Å². The summed E-state index contributed by atoms with van der Waals surface area (Å²) in [5.41, 5.74) is 1.00. The fourth-order valence-electron chi connectivity index (χ4n) is 3.07. The topological polar surface area (TPSA) is 89.5 Å². The van der Waals surface area contributed by atoms with Gasteiger partial charge in [-0.25, -0.2) is 14.0 Å². The lowest BCUT2D eigenvalue weighted by Crippen LogP contribution is -2.37. The van der Waals surface area contributed by atoms with Gasteiger partial charge in [0.15, 0.2) is 12.5 Å². The number of hydrogen-bond donors (Lipinski definition) is 0. The van der Waals surface area contributed by atoms with Crippen molar-refractivity contribution < 1.29 is 42.4 Å². The van der Waals surface area contributed by atoms with Gasteiger partial charge in [0.1, 0.15) is 11.5 Å². The molecule has 2 aromatic rings. The molecule has 0 bridgehead atoms. The lowest BCUT2D eigenvalue weighted by Gasteiger charge is -2.20. The van der Waals surface area contributed by atoms with E-state index >= 15 is 0 Å². The highest BCUT2D eigenvalue weighted by molar-refractivity contribution is 5.91. The van der Waals surface area contributed by atoms with E-state index in [4.69, 9.17) is 28.4 Å². The number of methoxy groups -OCH3 is 3. The molecular weight excluding hydrogens is 411 g/mol. The van der Waals surface area contributed by atoms with E-state index in [0.717, 1.165) is 0 Å². The standard InChI is InChI=1S/C22H23FO8/c1-12-11-15(27-3)9-10-16(12)20(25)30-22-18(17(23)21(28-4)31-22)29-19(24)13-5-7-14(26-2)8-6-13/h5-11,17-18,21-22H,1-4H3/t17-,18-,21?,22-/m0/s1. The second-order valence-corrected chi connectivity index (χ2v) is 6.74. The number of benzene rings is 2. The Balaban J connectivity index is 1.75. The highest BCUT2D eigenvalue weighted by Crippen LogP contribution is 2.30. The van der Waals surface area contributed by atoms with E-state index < -0.39 is 36.8 Å². The van der Waals surface area contributed by atoms with Crippen LogP contribution in [0, 0.1) is 6.92 Å². The number of esters is 2. The molecule has 9 heteroatoms. The Morgan fingerprint density at radius 3 is 2.10 bits per heavy atom. The van der Waals surface area contributed by atoms with E-state index in [9.17, 15) is 14.0 Å². The summed E-state index contributed by atoms with van der Waals surface area (Å²) >= 11 is 0. The van der Waals surface area contributed by atoms with Gasteiger partial charge in [0.05, 0.1) is 25.3 Å². The second-order valence-electron chi connectivity index (χ2n) is 6.74. The molecule has 1 aliphatic rings. The molecule has 0 aromatic heterocycles. The molecule has 1 fully saturated rings. The summed E-state index contributed by atoms with van der Waals surface area (Å²) in [6.45, 7) is 1.70. The first-order valence-corrected chi connectivity index (χ1v) is 9.41. The molecule has 8 nitrogen and oxygen atoms in total. The van der Waals surface area contributed by atoms with Crippen LogP contribution in [0.3, 0.4) is 0 Å². The number of hydrogen-bond acceptors (Lipinski definition) is 8. The van der Waals surface area contributed by atoms with Gasteiger partial charge >= 0.3 is 11.9 Å². The quantitative estimate of drug-likeness (QED) is 0.615. The molecule has 3 rings (SSSR count). The molecule has 0 saturated carbocycles. The molecular formula is C22H23FO8. The number of carbonyl (C=O) groups is 2. The van der Waals surface area contributed by atoms with Gasteiger partial charge in [0.25, 0.3) is 0 Å². The molecule has 31 heavy (non-hydrogen) atoms. The van der Waals surface area contributed by atoms with Crippen LogP contribution in [-0.4, -0.2) is 58.1 Å². The molecule has 4 atom stereocenters. The Morgan fingerprint density at radius 2 is 1.52 bits per heavy atom. The molecule has 1 heterocycles. The van der Waals surface area contributed by atoms with Crippen molar-refractivity contribution in [3.63, 3.8) is 0 Å². The molecule has 2 aromatic carbocycles. The maximum Gasteiger partial charge on any atom is 0.340 e. The van der Waals surface area contributed by atoms with Gasteiger partial charge in [-0.05, 0) is 55.0 Å². The molecule has 0 N–H and O–H groups in total. The Hall–Kier alpha value is -3.17. The third kappa shape index (κ3) is 4.95. The van der Waals surface area contributed by atoms with Crippen molar-refractivity contribution in [2.24, 2.45) is 0 Å². The maximum absolute atomic E-state index is 14.8. The number of halogens is 1. The largest absolute Gasteiger partial charge is 0.497 e. The van der Waals surface area contributed by atoms with Gasteiger partial charge in [0, 0.05) is 7.11 Å². The number of aryl methyl sites for hydroxylation is 1. The third-order valence-electron chi connectivity index (χ3n) is 4.79. The Labute approximate surface area is 178 Å². The molecule has 0 radical (unpaired) electrons. The van der Waals surface area contributed by atoms with Crippen LogP contribution in [0.4, 0.5) is 4.39 Å². The minimum atomic E-state index is -1.86. The molecule has 0 aliphatic carbocycles. The minimum Gasteiger partial charge on any atom is -0.497 e. The zero-order chi connectivity index (χ0) is 22.5. The summed E-state index contributed by atoms with van der Waals surface area (Å²) in [6.07, 6.45) is -6.22. The highest BCUT2D eigenvalue weighted by atomic mass is 19.1. The number of rotatable bonds is 7. The summed E-state index contributed by atoms with van der Waals surface area (Å²) in [6, 6.07) is 10.8. The van der Waals surface area contributed by atoms with E-state index in [2.05, 4.69) is 0 Å². The van der Waals surface area contributed by atoms with Crippen molar-refractivity contribution >= 4 is 11.9 Å². The van der Waals surface area contributed by atoms with Crippen molar-refractivity contribution in [1.29, 1.82) is 0 Å². The van der Waals surface area contributed by atoms with Crippen molar-refractivity contribution in [1.82, 2.24) is 0 Å². The Kier molecular flexibility index (Phi) is 7.09. The smallest absolute Gasteiger partial charge is 0.340 e. The van der Waals surface area contributed by atoms with Crippen molar-refractivity contribution in [2.75, 3.05) is 21.3 Å². The molecule has 0 spiro atoms. The first-order valence-electron chi connectivity index (χ1n) is 9.41. The van der Waals surface area contributed by atoms with Gasteiger partial charge in [-0.3, -0.25) is 0 Å². The van der Waals surface area contributed by atoms with Crippen LogP contribution >= 0.6 is 0 Å². The molecule has 1 saturated heterocycles. The van der Waals surface area contributed by atoms with E-state index in [-0.39, 0.29) is 11.1 Å². The van der Waals surface area contributed by atoms with Crippen molar-refractivity contribution in [3.8, 4) is 11.5 Å². The van der Waals surface area contributed by atoms with E-state index in [1.54, 1.807) is 31.2 Å². The fraction of sp³-hybridized carbons (Fsp3) is 0.364. The van der Waals surface area contributed by atoms with Gasteiger partial charge in [-0.2, -0.15) is 0 Å². The highest BCUT2D eigenvalue weighted by Gasteiger charge is 2.50. The zero-order valence-electron chi connectivity index (χ0n) is 17.5. The third-order valence-corrected chi connectivity index (χ3v) is 4.79. The average molecular weight is 434 g/mol. The van der Waals surface area contributed by atoms with Crippen LogP contribution in [0.25, 0.3) is 0 Å². The number of carbonyl (C=O) groups excluding carboxylic acids is 2. The minimum absolute atomic E-state index is 0.171. The van der Waals surface area contributed by atoms with Gasteiger partial charge in [0.2, 0.25) is 12.4 Å². The van der Waals surface area contributed by atoms with Crippen molar-refractivity contribution in [3.05, 3.63) is 59.2 Å². The lowest BCUT2D eigenvalue weighted by molar-refractivity contribution is -0.192. The van der Waals surface area contributed by atoms with Crippen molar-refractivity contribution in [2.45, 2.75) is 31.8 Å². The number of alkyl halides is 1. The fourth-order valence-corrected chi connectivity index (χ4v) is 3.07. The summed E-state index contributed by atoms with van der Waals surface area (Å²) in [7, 11) is 4.23. The Bertz CT molecular complexity index is 930. The van der Waals surface area contributed by atoms with Crippen LogP contribution in [-0.2, 0) is 18.9 Å². The van der Waals surface area contributed by atoms with Crippen LogP contribution in [0.5, 0.6) is 11.5 Å². The van der Waals surface area contributed by atoms with Gasteiger partial charge < -0.3 is 28.4 Å². The number of ether oxygens (including phenoxy) is 6. The summed E-state index contributed by atoms with van der Waals surface area (Å²) < 4.78 is 45.8. The van der Waals surface area contributed by atoms with Crippen LogP contribution in [0.2, 0.25) is 0 Å². The molecule has 1 aliphatic heterocycles. The molecule has 166 valence electrons. The monoisotopic (exact) mass is 434 g/mol. The van der Waals surface area contributed by atoms with Crippen LogP contribution in [0.1, 0.15) is 26.3 Å². The molecule has 0 amide bonds. The first kappa shape index (κ1) is 22.5. The van der Waals surface area contributed by atoms with Crippen LogP contribution in [0.15, 0.2) is 42.5 Å². The van der Waals surface area contributed by atoms with E-state index in [1.807, 2.05) is 0 Å². The summed E-state index contributed by atoms with van der Waals surface area (Å²) in [5, 5.41) is 0. The molecule has 1 unspecified atom stereocenters. The second kappa shape index (κ2) is 9.76. The van der Waals surface area contributed by atoms with E-state index in [1.165, 1.54) is 39.5 Å². The maximum atomic E-state index is 14.8. The van der Waals surface area contributed by atoms with Gasteiger partial charge in [-0.1, -0.05) is 0 Å². The first-order chi connectivity index (χ1) is 14.9. The SMILES string of the molecule is COc1ccc(C(=O)O[C@@H]2[C@@H](OC(=O)c3ccc(OC)cc3C)OC(OC)[C@H]2F)cc1. The normalized spacial score (nSPS) is 22.6. The Morgan fingerprint density at radius 1 is 0.871 bits per heavy atom. The van der Waals surface area contributed by atoms with Gasteiger partial charge in [-0.15, -0.1) is 0 Å². The average Bonchev–Trinajstić information content (AvgIpc) is 3.07.